The van der Waals surface area contributed by atoms with Gasteiger partial charge in [-0.25, -0.2) is 26.3 Å². The van der Waals surface area contributed by atoms with E-state index >= 15 is 0 Å². The molecular formula is C13H6F6N2. The van der Waals surface area contributed by atoms with E-state index in [1.54, 1.807) is 5.43 Å². The van der Waals surface area contributed by atoms with E-state index in [9.17, 15) is 26.3 Å². The first-order chi connectivity index (χ1) is 9.91. The minimum absolute atomic E-state index is 0.354. The Morgan fingerprint density at radius 1 is 0.714 bits per heavy atom. The van der Waals surface area contributed by atoms with Crippen LogP contribution in [0.4, 0.5) is 32.0 Å². The maximum absolute atomic E-state index is 13.3. The smallest absolute Gasteiger partial charge is 0.200 e. The van der Waals surface area contributed by atoms with Crippen LogP contribution in [0.1, 0.15) is 5.56 Å². The number of benzene rings is 2. The molecule has 2 rings (SSSR count). The van der Waals surface area contributed by atoms with Crippen molar-refractivity contribution in [3.05, 3.63) is 64.7 Å². The SMILES string of the molecule is Fc1ccc(/C=N/Nc2c(F)c(F)c(F)c(F)c2F)cc1. The first-order valence-corrected chi connectivity index (χ1v) is 5.48. The predicted octanol–water partition coefficient (Wildman–Crippen LogP) is 3.97. The van der Waals surface area contributed by atoms with Crippen LogP contribution in [-0.4, -0.2) is 6.21 Å². The molecule has 0 unspecified atom stereocenters. The molecular weight excluding hydrogens is 298 g/mol. The highest BCUT2D eigenvalue weighted by molar-refractivity contribution is 5.80. The molecule has 0 heterocycles. The van der Waals surface area contributed by atoms with E-state index in [2.05, 4.69) is 5.10 Å². The van der Waals surface area contributed by atoms with E-state index in [0.717, 1.165) is 18.3 Å². The number of hydrogen-bond donors (Lipinski definition) is 1. The Hall–Kier alpha value is -2.51. The first kappa shape index (κ1) is 14.9. The molecule has 0 spiro atoms. The van der Waals surface area contributed by atoms with E-state index in [1.165, 1.54) is 12.1 Å². The van der Waals surface area contributed by atoms with Crippen LogP contribution in [0.25, 0.3) is 0 Å². The fourth-order valence-corrected chi connectivity index (χ4v) is 1.42. The quantitative estimate of drug-likeness (QED) is 0.300. The maximum Gasteiger partial charge on any atom is 0.200 e. The van der Waals surface area contributed by atoms with Gasteiger partial charge in [0.1, 0.15) is 11.5 Å². The van der Waals surface area contributed by atoms with Gasteiger partial charge >= 0.3 is 0 Å². The van der Waals surface area contributed by atoms with Gasteiger partial charge in [-0.3, -0.25) is 5.43 Å². The molecule has 1 N–H and O–H groups in total. The summed E-state index contributed by atoms with van der Waals surface area (Å²) < 4.78 is 77.8. The van der Waals surface area contributed by atoms with Crippen molar-refractivity contribution in [3.63, 3.8) is 0 Å². The zero-order valence-corrected chi connectivity index (χ0v) is 10.1. The Balaban J connectivity index is 2.26. The first-order valence-electron chi connectivity index (χ1n) is 5.48. The Morgan fingerprint density at radius 3 is 1.71 bits per heavy atom. The number of halogens is 6. The molecule has 0 saturated carbocycles. The average Bonchev–Trinajstić information content (AvgIpc) is 2.48. The molecule has 0 amide bonds. The molecule has 2 nitrogen and oxygen atoms in total. The van der Waals surface area contributed by atoms with Crippen molar-refractivity contribution in [2.24, 2.45) is 5.10 Å². The van der Waals surface area contributed by atoms with Crippen LogP contribution in [0.5, 0.6) is 0 Å². The number of rotatable bonds is 3. The Bertz CT molecular complexity index is 668. The summed E-state index contributed by atoms with van der Waals surface area (Å²) in [4.78, 5) is 0. The summed E-state index contributed by atoms with van der Waals surface area (Å²) in [5.74, 6) is -11.0. The molecule has 8 heteroatoms. The minimum Gasteiger partial charge on any atom is -0.272 e. The Kier molecular flexibility index (Phi) is 4.15. The van der Waals surface area contributed by atoms with Crippen LogP contribution < -0.4 is 5.43 Å². The zero-order chi connectivity index (χ0) is 15.6. The van der Waals surface area contributed by atoms with Gasteiger partial charge in [0, 0.05) is 0 Å². The molecule has 0 aliphatic carbocycles. The molecule has 0 aromatic heterocycles. The largest absolute Gasteiger partial charge is 0.272 e. The van der Waals surface area contributed by atoms with Crippen LogP contribution >= 0.6 is 0 Å². The van der Waals surface area contributed by atoms with Gasteiger partial charge in [0.05, 0.1) is 6.21 Å². The van der Waals surface area contributed by atoms with Crippen LogP contribution in [0.2, 0.25) is 0 Å². The molecule has 21 heavy (non-hydrogen) atoms. The summed E-state index contributed by atoms with van der Waals surface area (Å²) in [6.45, 7) is 0. The molecule has 0 bridgehead atoms. The number of nitrogens with zero attached hydrogens (tertiary/aromatic N) is 1. The second-order valence-electron chi connectivity index (χ2n) is 3.87. The lowest BCUT2D eigenvalue weighted by Crippen LogP contribution is -2.06. The molecule has 2 aromatic carbocycles. The minimum atomic E-state index is -2.25. The predicted molar refractivity (Wildman–Crippen MR) is 63.8 cm³/mol. The van der Waals surface area contributed by atoms with E-state index in [-0.39, 0.29) is 0 Å². The van der Waals surface area contributed by atoms with Gasteiger partial charge in [-0.05, 0) is 17.7 Å². The monoisotopic (exact) mass is 304 g/mol. The van der Waals surface area contributed by atoms with Gasteiger partial charge in [0.25, 0.3) is 0 Å². The normalized spacial score (nSPS) is 11.1. The van der Waals surface area contributed by atoms with Crippen molar-refractivity contribution < 1.29 is 26.3 Å². The lowest BCUT2D eigenvalue weighted by Gasteiger charge is -2.06. The van der Waals surface area contributed by atoms with Crippen molar-refractivity contribution in [1.29, 1.82) is 0 Å². The highest BCUT2D eigenvalue weighted by atomic mass is 19.2. The number of hydrogen-bond acceptors (Lipinski definition) is 2. The maximum atomic E-state index is 13.3. The Labute approximate surface area is 114 Å². The second kappa shape index (κ2) is 5.86. The fourth-order valence-electron chi connectivity index (χ4n) is 1.42. The average molecular weight is 304 g/mol. The summed E-state index contributed by atoms with van der Waals surface area (Å²) >= 11 is 0. The third-order valence-electron chi connectivity index (χ3n) is 2.47. The van der Waals surface area contributed by atoms with Crippen molar-refractivity contribution in [2.45, 2.75) is 0 Å². The molecule has 110 valence electrons. The number of hydrazone groups is 1. The number of nitrogens with one attached hydrogen (secondary N) is 1. The lowest BCUT2D eigenvalue weighted by atomic mass is 10.2. The molecule has 0 aliphatic rings. The number of anilines is 1. The van der Waals surface area contributed by atoms with E-state index in [1.807, 2.05) is 0 Å². The summed E-state index contributed by atoms with van der Waals surface area (Å²) in [7, 11) is 0. The highest BCUT2D eigenvalue weighted by Gasteiger charge is 2.25. The van der Waals surface area contributed by atoms with Crippen LogP contribution in [0.3, 0.4) is 0 Å². The van der Waals surface area contributed by atoms with Crippen LogP contribution in [0, 0.1) is 34.9 Å². The van der Waals surface area contributed by atoms with E-state index in [0.29, 0.717) is 5.56 Å². The van der Waals surface area contributed by atoms with Crippen molar-refractivity contribution in [1.82, 2.24) is 0 Å². The summed E-state index contributed by atoms with van der Waals surface area (Å²) in [5, 5.41) is 3.34. The molecule has 0 atom stereocenters. The van der Waals surface area contributed by atoms with Crippen LogP contribution in [0.15, 0.2) is 29.4 Å². The van der Waals surface area contributed by atoms with Gasteiger partial charge < -0.3 is 0 Å². The third-order valence-corrected chi connectivity index (χ3v) is 2.47. The molecule has 0 aliphatic heterocycles. The summed E-state index contributed by atoms with van der Waals surface area (Å²) in [6.07, 6.45) is 1.03. The van der Waals surface area contributed by atoms with Crippen LogP contribution in [-0.2, 0) is 0 Å². The zero-order valence-electron chi connectivity index (χ0n) is 10.1. The van der Waals surface area contributed by atoms with Crippen molar-refractivity contribution in [2.75, 3.05) is 5.43 Å². The van der Waals surface area contributed by atoms with E-state index < -0.39 is 40.6 Å². The fraction of sp³-hybridized carbons (Fsp3) is 0. The van der Waals surface area contributed by atoms with Gasteiger partial charge in [0.15, 0.2) is 23.3 Å². The van der Waals surface area contributed by atoms with Gasteiger partial charge in [-0.1, -0.05) is 12.1 Å². The van der Waals surface area contributed by atoms with Gasteiger partial charge in [-0.15, -0.1) is 0 Å². The van der Waals surface area contributed by atoms with E-state index in [4.69, 9.17) is 0 Å². The molecule has 0 fully saturated rings. The standard InChI is InChI=1S/C13H6F6N2/c14-7-3-1-6(2-4-7)5-20-21-13-11(18)9(16)8(15)10(17)12(13)19/h1-5,21H/b20-5+. The molecule has 0 saturated heterocycles. The van der Waals surface area contributed by atoms with Gasteiger partial charge in [-0.2, -0.15) is 5.10 Å². The van der Waals surface area contributed by atoms with Crippen molar-refractivity contribution >= 4 is 11.9 Å². The van der Waals surface area contributed by atoms with Gasteiger partial charge in [0.2, 0.25) is 5.82 Å². The lowest BCUT2D eigenvalue weighted by molar-refractivity contribution is 0.381. The second-order valence-corrected chi connectivity index (χ2v) is 3.87. The highest BCUT2D eigenvalue weighted by Crippen LogP contribution is 2.26. The molecule has 0 radical (unpaired) electrons. The van der Waals surface area contributed by atoms with Crippen molar-refractivity contribution in [3.8, 4) is 0 Å². The molecule has 2 aromatic rings. The third kappa shape index (κ3) is 2.99. The summed E-state index contributed by atoms with van der Waals surface area (Å²) in [6, 6.07) is 4.83. The summed E-state index contributed by atoms with van der Waals surface area (Å²) in [5.41, 5.74) is 0.813. The topological polar surface area (TPSA) is 24.4 Å². The Morgan fingerprint density at radius 2 is 1.19 bits per heavy atom.